The monoisotopic (exact) mass is 371 g/mol. The van der Waals surface area contributed by atoms with Crippen molar-refractivity contribution < 1.29 is 19.3 Å². The molecule has 0 unspecified atom stereocenters. The second-order valence-corrected chi connectivity index (χ2v) is 6.00. The van der Waals surface area contributed by atoms with Crippen molar-refractivity contribution in [2.45, 2.75) is 26.4 Å². The fraction of sp³-hybridized carbons (Fsp3) is 0.389. The molecule has 3 heterocycles. The number of rotatable bonds is 7. The summed E-state index contributed by atoms with van der Waals surface area (Å²) in [6.07, 6.45) is 0.819. The van der Waals surface area contributed by atoms with Crippen LogP contribution in [-0.4, -0.2) is 51.3 Å². The summed E-state index contributed by atoms with van der Waals surface area (Å²) in [6, 6.07) is 5.78. The predicted molar refractivity (Wildman–Crippen MR) is 98.2 cm³/mol. The lowest BCUT2D eigenvalue weighted by atomic mass is 10.1. The number of aliphatic hydroxyl groups excluding tert-OH is 1. The van der Waals surface area contributed by atoms with E-state index in [0.29, 0.717) is 36.2 Å². The number of benzene rings is 1. The molecule has 0 aliphatic carbocycles. The lowest BCUT2D eigenvalue weighted by molar-refractivity contribution is -0.384. The van der Waals surface area contributed by atoms with Crippen LogP contribution in [0, 0.1) is 0 Å². The zero-order chi connectivity index (χ0) is 18.8. The number of nitrogens with zero attached hydrogens (tertiary/aromatic N) is 3. The van der Waals surface area contributed by atoms with Crippen molar-refractivity contribution in [3.63, 3.8) is 0 Å². The summed E-state index contributed by atoms with van der Waals surface area (Å²) in [5, 5.41) is 20.3. The van der Waals surface area contributed by atoms with Crippen LogP contribution >= 0.6 is 0 Å². The van der Waals surface area contributed by atoms with E-state index in [2.05, 4.69) is 25.5 Å². The van der Waals surface area contributed by atoms with E-state index < -0.39 is 6.29 Å². The maximum atomic E-state index is 9.21. The summed E-state index contributed by atoms with van der Waals surface area (Å²) >= 11 is 0. The molecule has 0 spiro atoms. The number of aromatic amines is 1. The largest absolute Gasteiger partial charge is 0.488 e. The lowest BCUT2D eigenvalue weighted by Crippen LogP contribution is -2.33. The van der Waals surface area contributed by atoms with E-state index in [0.717, 1.165) is 16.5 Å². The highest BCUT2D eigenvalue weighted by atomic mass is 16.9. The van der Waals surface area contributed by atoms with Crippen molar-refractivity contribution in [3.8, 4) is 17.1 Å². The molecular weight excluding hydrogens is 350 g/mol. The van der Waals surface area contributed by atoms with Gasteiger partial charge >= 0.3 is 0 Å². The number of hydrogen-bond donors (Lipinski definition) is 3. The van der Waals surface area contributed by atoms with Crippen molar-refractivity contribution in [2.24, 2.45) is 0 Å². The molecule has 0 saturated carbocycles. The minimum atomic E-state index is -0.624. The second-order valence-electron chi connectivity index (χ2n) is 6.00. The minimum Gasteiger partial charge on any atom is -0.488 e. The minimum absolute atomic E-state index is 0.0367. The van der Waals surface area contributed by atoms with Gasteiger partial charge in [0.05, 0.1) is 24.9 Å². The molecule has 0 amide bonds. The fourth-order valence-corrected chi connectivity index (χ4v) is 2.98. The predicted octanol–water partition coefficient (Wildman–Crippen LogP) is 2.21. The van der Waals surface area contributed by atoms with Crippen molar-refractivity contribution >= 4 is 16.7 Å². The van der Waals surface area contributed by atoms with Crippen LogP contribution in [0.2, 0.25) is 0 Å². The SMILES string of the molecule is CCOc1c(NCCO)nc(-c2cccc3[nH]ncc23)nc1C1OC(C)O1. The Morgan fingerprint density at radius 1 is 1.30 bits per heavy atom. The summed E-state index contributed by atoms with van der Waals surface area (Å²) in [7, 11) is 0. The third-order valence-corrected chi connectivity index (χ3v) is 4.16. The molecular formula is C18H21N5O4. The number of nitrogens with one attached hydrogen (secondary N) is 2. The Labute approximate surface area is 155 Å². The molecule has 1 fully saturated rings. The molecule has 9 nitrogen and oxygen atoms in total. The molecule has 9 heteroatoms. The van der Waals surface area contributed by atoms with Gasteiger partial charge < -0.3 is 24.6 Å². The molecule has 0 atom stereocenters. The van der Waals surface area contributed by atoms with E-state index in [1.54, 1.807) is 6.20 Å². The summed E-state index contributed by atoms with van der Waals surface area (Å²) in [6.45, 7) is 4.42. The molecule has 27 heavy (non-hydrogen) atoms. The van der Waals surface area contributed by atoms with Gasteiger partial charge in [-0.1, -0.05) is 12.1 Å². The highest BCUT2D eigenvalue weighted by Gasteiger charge is 2.35. The van der Waals surface area contributed by atoms with Crippen LogP contribution in [0.5, 0.6) is 5.75 Å². The highest BCUT2D eigenvalue weighted by molar-refractivity contribution is 5.92. The molecule has 1 saturated heterocycles. The summed E-state index contributed by atoms with van der Waals surface area (Å²) in [5.74, 6) is 1.44. The fourth-order valence-electron chi connectivity index (χ4n) is 2.98. The van der Waals surface area contributed by atoms with Crippen molar-refractivity contribution in [1.29, 1.82) is 0 Å². The van der Waals surface area contributed by atoms with Crippen molar-refractivity contribution in [2.75, 3.05) is 25.1 Å². The van der Waals surface area contributed by atoms with Crippen LogP contribution in [0.3, 0.4) is 0 Å². The van der Waals surface area contributed by atoms with Crippen LogP contribution in [-0.2, 0) is 9.47 Å². The zero-order valence-corrected chi connectivity index (χ0v) is 15.1. The zero-order valence-electron chi connectivity index (χ0n) is 15.1. The summed E-state index contributed by atoms with van der Waals surface area (Å²) in [5.41, 5.74) is 2.23. The van der Waals surface area contributed by atoms with Crippen LogP contribution < -0.4 is 10.1 Å². The van der Waals surface area contributed by atoms with Gasteiger partial charge in [-0.3, -0.25) is 5.10 Å². The molecule has 1 aliphatic heterocycles. The Morgan fingerprint density at radius 2 is 2.15 bits per heavy atom. The first-order chi connectivity index (χ1) is 13.2. The Balaban J connectivity index is 1.86. The number of H-pyrrole nitrogens is 1. The van der Waals surface area contributed by atoms with E-state index in [4.69, 9.17) is 14.2 Å². The molecule has 1 aliphatic rings. The number of ether oxygens (including phenoxy) is 3. The van der Waals surface area contributed by atoms with Gasteiger partial charge in [-0.25, -0.2) is 9.97 Å². The molecule has 2 aromatic heterocycles. The van der Waals surface area contributed by atoms with Gasteiger partial charge in [0, 0.05) is 17.5 Å². The number of anilines is 1. The average Bonchev–Trinajstić information content (AvgIpc) is 3.13. The van der Waals surface area contributed by atoms with Gasteiger partial charge in [0.25, 0.3) is 0 Å². The first-order valence-corrected chi connectivity index (χ1v) is 8.84. The third-order valence-electron chi connectivity index (χ3n) is 4.16. The maximum Gasteiger partial charge on any atom is 0.210 e. The first kappa shape index (κ1) is 17.7. The lowest BCUT2D eigenvalue weighted by Gasteiger charge is -2.34. The van der Waals surface area contributed by atoms with Gasteiger partial charge in [0.1, 0.15) is 5.69 Å². The van der Waals surface area contributed by atoms with E-state index in [1.165, 1.54) is 0 Å². The normalized spacial score (nSPS) is 19.1. The Kier molecular flexibility index (Phi) is 4.88. The number of aliphatic hydroxyl groups is 1. The number of aromatic nitrogens is 4. The topological polar surface area (TPSA) is 114 Å². The average molecular weight is 371 g/mol. The Bertz CT molecular complexity index is 939. The van der Waals surface area contributed by atoms with Crippen LogP contribution in [0.4, 0.5) is 5.82 Å². The highest BCUT2D eigenvalue weighted by Crippen LogP contribution is 2.40. The van der Waals surface area contributed by atoms with E-state index in [-0.39, 0.29) is 12.9 Å². The molecule has 4 rings (SSSR count). The molecule has 3 aromatic rings. The van der Waals surface area contributed by atoms with Crippen LogP contribution in [0.15, 0.2) is 24.4 Å². The molecule has 3 N–H and O–H groups in total. The molecule has 0 bridgehead atoms. The Morgan fingerprint density at radius 3 is 2.89 bits per heavy atom. The smallest absolute Gasteiger partial charge is 0.210 e. The van der Waals surface area contributed by atoms with Gasteiger partial charge in [-0.15, -0.1) is 0 Å². The first-order valence-electron chi connectivity index (χ1n) is 8.84. The quantitative estimate of drug-likeness (QED) is 0.579. The second kappa shape index (κ2) is 7.47. The van der Waals surface area contributed by atoms with E-state index in [9.17, 15) is 5.11 Å². The van der Waals surface area contributed by atoms with Crippen LogP contribution in [0.1, 0.15) is 25.8 Å². The summed E-state index contributed by atoms with van der Waals surface area (Å²) < 4.78 is 17.1. The van der Waals surface area contributed by atoms with Gasteiger partial charge in [0.15, 0.2) is 23.7 Å². The molecule has 0 radical (unpaired) electrons. The number of hydrogen-bond acceptors (Lipinski definition) is 8. The van der Waals surface area contributed by atoms with Gasteiger partial charge in [-0.2, -0.15) is 5.10 Å². The van der Waals surface area contributed by atoms with Crippen molar-refractivity contribution in [3.05, 3.63) is 30.1 Å². The maximum absolute atomic E-state index is 9.21. The van der Waals surface area contributed by atoms with Crippen molar-refractivity contribution in [1.82, 2.24) is 20.2 Å². The van der Waals surface area contributed by atoms with Gasteiger partial charge in [0.2, 0.25) is 6.29 Å². The summed E-state index contributed by atoms with van der Waals surface area (Å²) in [4.78, 5) is 9.32. The molecule has 1 aromatic carbocycles. The van der Waals surface area contributed by atoms with Gasteiger partial charge in [-0.05, 0) is 19.9 Å². The van der Waals surface area contributed by atoms with E-state index in [1.807, 2.05) is 32.0 Å². The molecule has 142 valence electrons. The van der Waals surface area contributed by atoms with E-state index >= 15 is 0 Å². The van der Waals surface area contributed by atoms with Crippen LogP contribution in [0.25, 0.3) is 22.3 Å². The number of fused-ring (bicyclic) bond motifs is 1. The Hall–Kier alpha value is -2.75. The standard InChI is InChI=1S/C18H21N5O4/c1-3-25-15-14(18-26-10(2)27-18)21-16(22-17(15)19-7-8-24)11-5-4-6-13-12(11)9-20-23-13/h4-6,9-10,18,24H,3,7-8H2,1-2H3,(H,20,23)(H,19,21,22). The third kappa shape index (κ3) is 3.32.